The van der Waals surface area contributed by atoms with Crippen LogP contribution >= 0.6 is 22.9 Å². The number of carbonyl (C=O) groups is 2. The summed E-state index contributed by atoms with van der Waals surface area (Å²) >= 11 is 7.32. The molecule has 0 spiro atoms. The van der Waals surface area contributed by atoms with Crippen molar-refractivity contribution in [2.24, 2.45) is 0 Å². The Bertz CT molecular complexity index is 964. The predicted octanol–water partition coefficient (Wildman–Crippen LogP) is 5.46. The van der Waals surface area contributed by atoms with Crippen molar-refractivity contribution in [3.8, 4) is 0 Å². The number of hydrogen-bond acceptors (Lipinski definition) is 3. The number of benzene rings is 2. The molecule has 0 aliphatic rings. The molecule has 2 aromatic carbocycles. The number of carbonyl (C=O) groups excluding carboxylic acids is 1. The topological polar surface area (TPSA) is 66.4 Å². The van der Waals surface area contributed by atoms with Gasteiger partial charge in [0.15, 0.2) is 0 Å². The van der Waals surface area contributed by atoms with Crippen LogP contribution in [0.25, 0.3) is 10.1 Å². The molecule has 0 atom stereocenters. The molecule has 6 heteroatoms. The van der Waals surface area contributed by atoms with Crippen molar-refractivity contribution in [1.82, 2.24) is 0 Å². The van der Waals surface area contributed by atoms with Gasteiger partial charge in [0.2, 0.25) is 0 Å². The van der Waals surface area contributed by atoms with Gasteiger partial charge in [0.05, 0.1) is 15.5 Å². The van der Waals surface area contributed by atoms with Gasteiger partial charge in [-0.1, -0.05) is 43.1 Å². The van der Waals surface area contributed by atoms with Crippen LogP contribution in [0.4, 0.5) is 5.69 Å². The van der Waals surface area contributed by atoms with E-state index in [0.717, 1.165) is 28.5 Å². The predicted molar refractivity (Wildman–Crippen MR) is 102 cm³/mol. The second-order valence-corrected chi connectivity index (χ2v) is 7.07. The number of aryl methyl sites for hydroxylation is 1. The van der Waals surface area contributed by atoms with Gasteiger partial charge >= 0.3 is 5.97 Å². The fraction of sp³-hybridized carbons (Fsp3) is 0.158. The summed E-state index contributed by atoms with van der Waals surface area (Å²) in [6, 6.07) is 12.4. The van der Waals surface area contributed by atoms with Crippen molar-refractivity contribution in [2.75, 3.05) is 5.32 Å². The van der Waals surface area contributed by atoms with E-state index in [1.165, 1.54) is 23.5 Å². The van der Waals surface area contributed by atoms with Crippen LogP contribution in [0.5, 0.6) is 0 Å². The van der Waals surface area contributed by atoms with Crippen molar-refractivity contribution < 1.29 is 14.7 Å². The summed E-state index contributed by atoms with van der Waals surface area (Å²) in [4.78, 5) is 24.6. The van der Waals surface area contributed by atoms with Gasteiger partial charge in [-0.05, 0) is 41.6 Å². The summed E-state index contributed by atoms with van der Waals surface area (Å²) in [6.45, 7) is 2.08. The SMILES string of the molecule is CCCc1c(C(=O)Nc2ccc(Cl)c(C(=O)O)c2)sc2ccccc12. The van der Waals surface area contributed by atoms with E-state index in [1.807, 2.05) is 24.3 Å². The van der Waals surface area contributed by atoms with E-state index in [0.29, 0.717) is 10.6 Å². The zero-order valence-electron chi connectivity index (χ0n) is 13.5. The maximum absolute atomic E-state index is 12.8. The zero-order valence-corrected chi connectivity index (χ0v) is 15.1. The fourth-order valence-electron chi connectivity index (χ4n) is 2.74. The summed E-state index contributed by atoms with van der Waals surface area (Å²) in [6.07, 6.45) is 1.75. The lowest BCUT2D eigenvalue weighted by atomic mass is 10.1. The molecule has 3 aromatic rings. The highest BCUT2D eigenvalue weighted by molar-refractivity contribution is 7.21. The highest BCUT2D eigenvalue weighted by Crippen LogP contribution is 2.33. The van der Waals surface area contributed by atoms with Gasteiger partial charge in [-0.2, -0.15) is 0 Å². The Kier molecular flexibility index (Phi) is 5.06. The molecule has 0 radical (unpaired) electrons. The standard InChI is InChI=1S/C19H16ClNO3S/c1-2-5-13-12-6-3-4-7-16(12)25-17(13)18(22)21-11-8-9-15(20)14(10-11)19(23)24/h3-4,6-10H,2,5H2,1H3,(H,21,22)(H,23,24). The third-order valence-corrected chi connectivity index (χ3v) is 5.40. The third-order valence-electron chi connectivity index (χ3n) is 3.86. The highest BCUT2D eigenvalue weighted by atomic mass is 35.5. The molecule has 1 amide bonds. The highest BCUT2D eigenvalue weighted by Gasteiger charge is 2.18. The van der Waals surface area contributed by atoms with Crippen LogP contribution in [0.15, 0.2) is 42.5 Å². The molecule has 128 valence electrons. The van der Waals surface area contributed by atoms with E-state index in [2.05, 4.69) is 12.2 Å². The Hall–Kier alpha value is -2.37. The first-order valence-electron chi connectivity index (χ1n) is 7.86. The zero-order chi connectivity index (χ0) is 18.0. The number of hydrogen-bond donors (Lipinski definition) is 2. The molecule has 0 fully saturated rings. The summed E-state index contributed by atoms with van der Waals surface area (Å²) < 4.78 is 1.07. The molecular formula is C19H16ClNO3S. The maximum Gasteiger partial charge on any atom is 0.337 e. The molecule has 3 rings (SSSR count). The molecule has 1 aromatic heterocycles. The average molecular weight is 374 g/mol. The van der Waals surface area contributed by atoms with Crippen molar-refractivity contribution in [1.29, 1.82) is 0 Å². The molecule has 0 saturated heterocycles. The van der Waals surface area contributed by atoms with E-state index in [1.54, 1.807) is 6.07 Å². The molecule has 25 heavy (non-hydrogen) atoms. The number of anilines is 1. The Morgan fingerprint density at radius 2 is 1.96 bits per heavy atom. The summed E-state index contributed by atoms with van der Waals surface area (Å²) in [5.74, 6) is -1.36. The molecule has 0 aliphatic carbocycles. The quantitative estimate of drug-likeness (QED) is 0.624. The van der Waals surface area contributed by atoms with Crippen molar-refractivity contribution in [2.45, 2.75) is 19.8 Å². The van der Waals surface area contributed by atoms with Crippen LogP contribution < -0.4 is 5.32 Å². The van der Waals surface area contributed by atoms with Crippen LogP contribution in [-0.4, -0.2) is 17.0 Å². The minimum Gasteiger partial charge on any atom is -0.478 e. The first-order valence-corrected chi connectivity index (χ1v) is 9.05. The van der Waals surface area contributed by atoms with Gasteiger partial charge in [0.1, 0.15) is 0 Å². The minimum atomic E-state index is -1.13. The third kappa shape index (κ3) is 3.52. The second-order valence-electron chi connectivity index (χ2n) is 5.61. The van der Waals surface area contributed by atoms with Crippen molar-refractivity contribution in [3.63, 3.8) is 0 Å². The molecule has 0 bridgehead atoms. The van der Waals surface area contributed by atoms with Crippen LogP contribution in [0.2, 0.25) is 5.02 Å². The van der Waals surface area contributed by atoms with Crippen LogP contribution in [0.3, 0.4) is 0 Å². The van der Waals surface area contributed by atoms with E-state index in [4.69, 9.17) is 16.7 Å². The average Bonchev–Trinajstić information content (AvgIpc) is 2.96. The number of amides is 1. The van der Waals surface area contributed by atoms with Crippen LogP contribution in [-0.2, 0) is 6.42 Å². The Morgan fingerprint density at radius 3 is 2.68 bits per heavy atom. The van der Waals surface area contributed by atoms with Gasteiger partial charge in [-0.15, -0.1) is 11.3 Å². The monoisotopic (exact) mass is 373 g/mol. The lowest BCUT2D eigenvalue weighted by Gasteiger charge is -2.08. The summed E-state index contributed by atoms with van der Waals surface area (Å²) in [7, 11) is 0. The van der Waals surface area contributed by atoms with Gasteiger partial charge < -0.3 is 10.4 Å². The van der Waals surface area contributed by atoms with E-state index in [9.17, 15) is 9.59 Å². The normalized spacial score (nSPS) is 10.8. The first-order chi connectivity index (χ1) is 12.0. The number of carboxylic acid groups (broad SMARTS) is 1. The van der Waals surface area contributed by atoms with Gasteiger partial charge in [-0.25, -0.2) is 4.79 Å². The molecule has 0 aliphatic heterocycles. The molecule has 0 unspecified atom stereocenters. The number of fused-ring (bicyclic) bond motifs is 1. The van der Waals surface area contributed by atoms with E-state index >= 15 is 0 Å². The number of aromatic carboxylic acids is 1. The molecular weight excluding hydrogens is 358 g/mol. The maximum atomic E-state index is 12.8. The number of nitrogens with one attached hydrogen (secondary N) is 1. The lowest BCUT2D eigenvalue weighted by molar-refractivity contribution is 0.0696. The smallest absolute Gasteiger partial charge is 0.337 e. The number of thiophene rings is 1. The lowest BCUT2D eigenvalue weighted by Crippen LogP contribution is -2.13. The molecule has 1 heterocycles. The summed E-state index contributed by atoms with van der Waals surface area (Å²) in [5.41, 5.74) is 1.41. The van der Waals surface area contributed by atoms with E-state index < -0.39 is 5.97 Å². The summed E-state index contributed by atoms with van der Waals surface area (Å²) in [5, 5.41) is 13.2. The molecule has 0 saturated carbocycles. The molecule has 2 N–H and O–H groups in total. The number of halogens is 1. The van der Waals surface area contributed by atoms with Crippen LogP contribution in [0, 0.1) is 0 Å². The Morgan fingerprint density at radius 1 is 1.20 bits per heavy atom. The van der Waals surface area contributed by atoms with Gasteiger partial charge in [-0.3, -0.25) is 4.79 Å². The largest absolute Gasteiger partial charge is 0.478 e. The number of rotatable bonds is 5. The van der Waals surface area contributed by atoms with E-state index in [-0.39, 0.29) is 16.5 Å². The second kappa shape index (κ2) is 7.25. The van der Waals surface area contributed by atoms with Gasteiger partial charge in [0, 0.05) is 10.4 Å². The fourth-order valence-corrected chi connectivity index (χ4v) is 4.08. The first kappa shape index (κ1) is 17.5. The Labute approximate surface area is 154 Å². The van der Waals surface area contributed by atoms with Gasteiger partial charge in [0.25, 0.3) is 5.91 Å². The van der Waals surface area contributed by atoms with Crippen molar-refractivity contribution in [3.05, 3.63) is 63.5 Å². The van der Waals surface area contributed by atoms with Crippen LogP contribution in [0.1, 0.15) is 38.9 Å². The minimum absolute atomic E-state index is 0.0374. The Balaban J connectivity index is 1.96. The molecule has 4 nitrogen and oxygen atoms in total. The van der Waals surface area contributed by atoms with Crippen molar-refractivity contribution >= 4 is 50.6 Å². The number of carboxylic acids is 1.